The van der Waals surface area contributed by atoms with Crippen LogP contribution in [0, 0.1) is 13.8 Å². The van der Waals surface area contributed by atoms with Gasteiger partial charge in [-0.1, -0.05) is 11.6 Å². The van der Waals surface area contributed by atoms with Crippen molar-refractivity contribution in [3.05, 3.63) is 37.4 Å². The lowest BCUT2D eigenvalue weighted by Gasteiger charge is -2.05. The molecule has 0 saturated carbocycles. The highest BCUT2D eigenvalue weighted by molar-refractivity contribution is 7.17. The average molecular weight is 344 g/mol. The third-order valence-corrected chi connectivity index (χ3v) is 5.35. The second kappa shape index (κ2) is 6.60. The van der Waals surface area contributed by atoms with E-state index in [1.807, 2.05) is 19.9 Å². The number of hydrogen-bond acceptors (Lipinski definition) is 5. The van der Waals surface area contributed by atoms with Crippen LogP contribution in [-0.4, -0.2) is 19.0 Å². The molecule has 0 bridgehead atoms. The maximum absolute atomic E-state index is 12.1. The molecule has 1 N–H and O–H groups in total. The molecule has 21 heavy (non-hydrogen) atoms. The highest BCUT2D eigenvalue weighted by Crippen LogP contribution is 2.33. The quantitative estimate of drug-likeness (QED) is 0.852. The number of aryl methyl sites for hydroxylation is 1. The van der Waals surface area contributed by atoms with Crippen LogP contribution in [-0.2, 0) is 16.0 Å². The van der Waals surface area contributed by atoms with E-state index in [9.17, 15) is 9.59 Å². The number of methoxy groups -OCH3 is 1. The molecular formula is C14H14ClNO3S2. The molecule has 0 fully saturated rings. The van der Waals surface area contributed by atoms with Gasteiger partial charge in [-0.25, -0.2) is 4.79 Å². The number of nitrogens with one attached hydrogen (secondary N) is 1. The van der Waals surface area contributed by atoms with Gasteiger partial charge in [-0.15, -0.1) is 22.7 Å². The highest BCUT2D eigenvalue weighted by Gasteiger charge is 2.21. The Bertz CT molecular complexity index is 690. The highest BCUT2D eigenvalue weighted by atomic mass is 35.5. The van der Waals surface area contributed by atoms with Crippen molar-refractivity contribution in [3.63, 3.8) is 0 Å². The van der Waals surface area contributed by atoms with Gasteiger partial charge >= 0.3 is 5.97 Å². The van der Waals surface area contributed by atoms with E-state index in [1.165, 1.54) is 29.8 Å². The molecular weight excluding hydrogens is 330 g/mol. The van der Waals surface area contributed by atoms with Gasteiger partial charge in [0.05, 0.1) is 23.4 Å². The van der Waals surface area contributed by atoms with Crippen LogP contribution < -0.4 is 5.32 Å². The normalized spacial score (nSPS) is 10.5. The Kier molecular flexibility index (Phi) is 5.03. The molecule has 112 valence electrons. The molecule has 0 saturated heterocycles. The lowest BCUT2D eigenvalue weighted by molar-refractivity contribution is -0.115. The molecule has 0 aliphatic carbocycles. The molecule has 0 aliphatic rings. The largest absolute Gasteiger partial charge is 0.465 e. The SMILES string of the molecule is COC(=O)c1c(NC(=O)Cc2ccc(Cl)s2)sc(C)c1C. The van der Waals surface area contributed by atoms with Gasteiger partial charge in [-0.2, -0.15) is 0 Å². The minimum Gasteiger partial charge on any atom is -0.465 e. The first-order valence-electron chi connectivity index (χ1n) is 6.14. The number of halogens is 1. The summed E-state index contributed by atoms with van der Waals surface area (Å²) < 4.78 is 5.42. The molecule has 0 atom stereocenters. The number of carbonyl (C=O) groups excluding carboxylic acids is 2. The number of carbonyl (C=O) groups is 2. The van der Waals surface area contributed by atoms with Crippen molar-refractivity contribution in [1.82, 2.24) is 0 Å². The zero-order valence-electron chi connectivity index (χ0n) is 11.8. The summed E-state index contributed by atoms with van der Waals surface area (Å²) >= 11 is 8.58. The van der Waals surface area contributed by atoms with E-state index in [0.717, 1.165) is 15.3 Å². The van der Waals surface area contributed by atoms with Crippen molar-refractivity contribution in [2.45, 2.75) is 20.3 Å². The van der Waals surface area contributed by atoms with Gasteiger partial charge in [0, 0.05) is 9.75 Å². The lowest BCUT2D eigenvalue weighted by Crippen LogP contribution is -2.15. The number of esters is 1. The molecule has 0 spiro atoms. The monoisotopic (exact) mass is 343 g/mol. The van der Waals surface area contributed by atoms with Gasteiger partial charge in [0.2, 0.25) is 5.91 Å². The van der Waals surface area contributed by atoms with Crippen LogP contribution in [0.15, 0.2) is 12.1 Å². The smallest absolute Gasteiger partial charge is 0.341 e. The first kappa shape index (κ1) is 16.0. The van der Waals surface area contributed by atoms with E-state index in [-0.39, 0.29) is 12.3 Å². The van der Waals surface area contributed by atoms with Crippen LogP contribution in [0.2, 0.25) is 4.34 Å². The molecule has 2 rings (SSSR count). The molecule has 7 heteroatoms. The number of rotatable bonds is 4. The number of amides is 1. The fraction of sp³-hybridized carbons (Fsp3) is 0.286. The molecule has 4 nitrogen and oxygen atoms in total. The summed E-state index contributed by atoms with van der Waals surface area (Å²) in [5.41, 5.74) is 1.26. The van der Waals surface area contributed by atoms with Crippen LogP contribution >= 0.6 is 34.3 Å². The predicted molar refractivity (Wildman–Crippen MR) is 86.8 cm³/mol. The van der Waals surface area contributed by atoms with Crippen LogP contribution in [0.1, 0.15) is 25.7 Å². The molecule has 0 aliphatic heterocycles. The van der Waals surface area contributed by atoms with E-state index >= 15 is 0 Å². The third kappa shape index (κ3) is 3.64. The summed E-state index contributed by atoms with van der Waals surface area (Å²) in [6.45, 7) is 3.74. The summed E-state index contributed by atoms with van der Waals surface area (Å²) in [6, 6.07) is 3.58. The fourth-order valence-corrected chi connectivity index (χ4v) is 3.99. The van der Waals surface area contributed by atoms with Crippen LogP contribution in [0.5, 0.6) is 0 Å². The van der Waals surface area contributed by atoms with Crippen molar-refractivity contribution < 1.29 is 14.3 Å². The van der Waals surface area contributed by atoms with Crippen LogP contribution in [0.3, 0.4) is 0 Å². The summed E-state index contributed by atoms with van der Waals surface area (Å²) in [5.74, 6) is -0.619. The number of ether oxygens (including phenoxy) is 1. The van der Waals surface area contributed by atoms with E-state index in [0.29, 0.717) is 14.9 Å². The van der Waals surface area contributed by atoms with Crippen molar-refractivity contribution >= 4 is 51.2 Å². The first-order chi connectivity index (χ1) is 9.92. The minimum absolute atomic E-state index is 0.181. The lowest BCUT2D eigenvalue weighted by atomic mass is 10.1. The summed E-state index contributed by atoms with van der Waals surface area (Å²) in [6.07, 6.45) is 0.230. The Morgan fingerprint density at radius 2 is 2.00 bits per heavy atom. The topological polar surface area (TPSA) is 55.4 Å². The predicted octanol–water partition coefficient (Wildman–Crippen LogP) is 4.05. The molecule has 2 aromatic heterocycles. The van der Waals surface area contributed by atoms with Crippen LogP contribution in [0.25, 0.3) is 0 Å². The number of anilines is 1. The molecule has 0 radical (unpaired) electrons. The molecule has 2 aromatic rings. The third-order valence-electron chi connectivity index (χ3n) is 2.99. The second-order valence-electron chi connectivity index (χ2n) is 4.41. The Labute approximate surface area is 135 Å². The Morgan fingerprint density at radius 1 is 1.29 bits per heavy atom. The van der Waals surface area contributed by atoms with Crippen molar-refractivity contribution in [2.24, 2.45) is 0 Å². The molecule has 0 unspecified atom stereocenters. The van der Waals surface area contributed by atoms with E-state index in [2.05, 4.69) is 5.32 Å². The number of thiophene rings is 2. The molecule has 1 amide bonds. The van der Waals surface area contributed by atoms with Crippen molar-refractivity contribution in [1.29, 1.82) is 0 Å². The van der Waals surface area contributed by atoms with Gasteiger partial charge in [0.15, 0.2) is 0 Å². The summed E-state index contributed by atoms with van der Waals surface area (Å²) in [5, 5.41) is 3.32. The van der Waals surface area contributed by atoms with E-state index in [1.54, 1.807) is 6.07 Å². The van der Waals surface area contributed by atoms with Gasteiger partial charge in [-0.05, 0) is 31.5 Å². The van der Waals surface area contributed by atoms with Crippen molar-refractivity contribution in [3.8, 4) is 0 Å². The Morgan fingerprint density at radius 3 is 2.57 bits per heavy atom. The standard InChI is InChI=1S/C14H14ClNO3S2/c1-7-8(2)20-13(12(7)14(18)19-3)16-11(17)6-9-4-5-10(15)21-9/h4-5H,6H2,1-3H3,(H,16,17). The number of hydrogen-bond donors (Lipinski definition) is 1. The zero-order chi connectivity index (χ0) is 15.6. The maximum atomic E-state index is 12.1. The fourth-order valence-electron chi connectivity index (χ4n) is 1.84. The van der Waals surface area contributed by atoms with E-state index < -0.39 is 5.97 Å². The zero-order valence-corrected chi connectivity index (χ0v) is 14.2. The first-order valence-corrected chi connectivity index (χ1v) is 8.15. The van der Waals surface area contributed by atoms with Gasteiger partial charge in [0.1, 0.15) is 5.00 Å². The van der Waals surface area contributed by atoms with Gasteiger partial charge in [0.25, 0.3) is 0 Å². The van der Waals surface area contributed by atoms with Gasteiger partial charge < -0.3 is 10.1 Å². The van der Waals surface area contributed by atoms with Crippen LogP contribution in [0.4, 0.5) is 5.00 Å². The Balaban J connectivity index is 2.17. The minimum atomic E-state index is -0.439. The second-order valence-corrected chi connectivity index (χ2v) is 7.43. The van der Waals surface area contributed by atoms with E-state index in [4.69, 9.17) is 16.3 Å². The molecule has 2 heterocycles. The maximum Gasteiger partial charge on any atom is 0.341 e. The molecule has 0 aromatic carbocycles. The van der Waals surface area contributed by atoms with Gasteiger partial charge in [-0.3, -0.25) is 4.79 Å². The Hall–Kier alpha value is -1.37. The average Bonchev–Trinajstić information content (AvgIpc) is 2.94. The summed E-state index contributed by atoms with van der Waals surface area (Å²) in [7, 11) is 1.33. The summed E-state index contributed by atoms with van der Waals surface area (Å²) in [4.78, 5) is 25.8. The van der Waals surface area contributed by atoms with Crippen molar-refractivity contribution in [2.75, 3.05) is 12.4 Å².